The molecular formula is C11H16ClN3. The molecule has 1 fully saturated rings. The van der Waals surface area contributed by atoms with Gasteiger partial charge in [0.1, 0.15) is 17.3 Å². The number of anilines is 1. The van der Waals surface area contributed by atoms with Crippen molar-refractivity contribution in [3.8, 4) is 0 Å². The van der Waals surface area contributed by atoms with Crippen LogP contribution in [0.3, 0.4) is 0 Å². The lowest BCUT2D eigenvalue weighted by molar-refractivity contribution is 0.639. The molecule has 1 heterocycles. The van der Waals surface area contributed by atoms with Crippen LogP contribution >= 0.6 is 11.6 Å². The van der Waals surface area contributed by atoms with E-state index >= 15 is 0 Å². The summed E-state index contributed by atoms with van der Waals surface area (Å²) < 4.78 is 0. The first-order chi connectivity index (χ1) is 7.16. The maximum Gasteiger partial charge on any atom is 0.137 e. The molecule has 1 aromatic heterocycles. The van der Waals surface area contributed by atoms with Crippen molar-refractivity contribution in [1.82, 2.24) is 9.97 Å². The molecule has 15 heavy (non-hydrogen) atoms. The van der Waals surface area contributed by atoms with Crippen LogP contribution in [0.15, 0.2) is 6.33 Å². The lowest BCUT2D eigenvalue weighted by atomic mass is 10.1. The van der Waals surface area contributed by atoms with Gasteiger partial charge in [-0.25, -0.2) is 9.97 Å². The number of nitrogens with zero attached hydrogens (tertiary/aromatic N) is 2. The zero-order chi connectivity index (χ0) is 10.8. The molecule has 0 aromatic carbocycles. The highest BCUT2D eigenvalue weighted by Crippen LogP contribution is 2.34. The van der Waals surface area contributed by atoms with E-state index in [0.29, 0.717) is 11.2 Å². The molecule has 1 atom stereocenters. The van der Waals surface area contributed by atoms with Gasteiger partial charge in [-0.15, -0.1) is 0 Å². The molecule has 82 valence electrons. The molecule has 1 saturated carbocycles. The second-order valence-electron chi connectivity index (χ2n) is 4.36. The fraction of sp³-hybridized carbons (Fsp3) is 0.636. The van der Waals surface area contributed by atoms with E-state index in [2.05, 4.69) is 22.2 Å². The van der Waals surface area contributed by atoms with Gasteiger partial charge in [0.2, 0.25) is 0 Å². The molecule has 1 aromatic rings. The Morgan fingerprint density at radius 2 is 2.27 bits per heavy atom. The predicted molar refractivity (Wildman–Crippen MR) is 62.2 cm³/mol. The molecule has 0 aliphatic heterocycles. The molecule has 1 N–H and O–H groups in total. The fourth-order valence-corrected chi connectivity index (χ4v) is 1.85. The van der Waals surface area contributed by atoms with Crippen molar-refractivity contribution in [3.63, 3.8) is 0 Å². The van der Waals surface area contributed by atoms with E-state index in [1.165, 1.54) is 25.6 Å². The Morgan fingerprint density at radius 3 is 2.93 bits per heavy atom. The maximum atomic E-state index is 5.92. The summed E-state index contributed by atoms with van der Waals surface area (Å²) in [7, 11) is 0. The fourth-order valence-electron chi connectivity index (χ4n) is 1.72. The lowest BCUT2D eigenvalue weighted by Gasteiger charge is -2.15. The second-order valence-corrected chi connectivity index (χ2v) is 4.72. The van der Waals surface area contributed by atoms with Crippen LogP contribution in [0.4, 0.5) is 5.82 Å². The summed E-state index contributed by atoms with van der Waals surface area (Å²) in [5.74, 6) is 1.79. The van der Waals surface area contributed by atoms with Gasteiger partial charge in [-0.2, -0.15) is 0 Å². The first-order valence-corrected chi connectivity index (χ1v) is 5.78. The largest absolute Gasteiger partial charge is 0.367 e. The highest BCUT2D eigenvalue weighted by molar-refractivity contribution is 6.30. The minimum absolute atomic E-state index is 0.460. The van der Waals surface area contributed by atoms with Crippen molar-refractivity contribution in [2.45, 2.75) is 39.2 Å². The summed E-state index contributed by atoms with van der Waals surface area (Å²) >= 11 is 5.92. The van der Waals surface area contributed by atoms with Gasteiger partial charge in [-0.3, -0.25) is 0 Å². The van der Waals surface area contributed by atoms with Crippen molar-refractivity contribution in [3.05, 3.63) is 17.0 Å². The number of halogens is 1. The van der Waals surface area contributed by atoms with Crippen molar-refractivity contribution in [1.29, 1.82) is 0 Å². The summed E-state index contributed by atoms with van der Waals surface area (Å²) in [4.78, 5) is 8.13. The third-order valence-electron chi connectivity index (χ3n) is 2.79. The van der Waals surface area contributed by atoms with Gasteiger partial charge in [-0.1, -0.05) is 24.4 Å². The van der Waals surface area contributed by atoms with Crippen LogP contribution in [0.2, 0.25) is 5.15 Å². The van der Waals surface area contributed by atoms with Gasteiger partial charge in [0, 0.05) is 11.6 Å². The van der Waals surface area contributed by atoms with Gasteiger partial charge in [0.15, 0.2) is 0 Å². The quantitative estimate of drug-likeness (QED) is 0.801. The first-order valence-electron chi connectivity index (χ1n) is 5.40. The molecule has 4 heteroatoms. The molecule has 0 amide bonds. The number of aromatic nitrogens is 2. The highest BCUT2D eigenvalue weighted by Gasteiger charge is 2.23. The normalized spacial score (nSPS) is 17.5. The zero-order valence-corrected chi connectivity index (χ0v) is 9.88. The topological polar surface area (TPSA) is 37.8 Å². The zero-order valence-electron chi connectivity index (χ0n) is 9.13. The maximum absolute atomic E-state index is 5.92. The van der Waals surface area contributed by atoms with Crippen LogP contribution < -0.4 is 5.32 Å². The molecule has 1 aliphatic carbocycles. The van der Waals surface area contributed by atoms with E-state index in [0.717, 1.165) is 17.3 Å². The Bertz CT molecular complexity index is 350. The summed E-state index contributed by atoms with van der Waals surface area (Å²) in [6, 6.07) is 0.460. The lowest BCUT2D eigenvalue weighted by Crippen LogP contribution is -2.17. The summed E-state index contributed by atoms with van der Waals surface area (Å²) in [5, 5.41) is 3.92. The Balaban J connectivity index is 1.99. The molecule has 1 aliphatic rings. The van der Waals surface area contributed by atoms with Crippen LogP contribution in [-0.4, -0.2) is 16.0 Å². The van der Waals surface area contributed by atoms with Gasteiger partial charge in [0.05, 0.1) is 0 Å². The van der Waals surface area contributed by atoms with Gasteiger partial charge in [-0.05, 0) is 26.2 Å². The molecule has 0 radical (unpaired) electrons. The van der Waals surface area contributed by atoms with Crippen LogP contribution in [0, 0.1) is 12.8 Å². The summed E-state index contributed by atoms with van der Waals surface area (Å²) in [5.41, 5.74) is 0.932. The van der Waals surface area contributed by atoms with Gasteiger partial charge < -0.3 is 5.32 Å². The van der Waals surface area contributed by atoms with Crippen LogP contribution in [0.1, 0.15) is 31.7 Å². The average molecular weight is 226 g/mol. The van der Waals surface area contributed by atoms with Gasteiger partial charge >= 0.3 is 0 Å². The molecule has 0 bridgehead atoms. The van der Waals surface area contributed by atoms with Crippen LogP contribution in [-0.2, 0) is 0 Å². The molecule has 0 spiro atoms. The minimum atomic E-state index is 0.460. The highest BCUT2D eigenvalue weighted by atomic mass is 35.5. The average Bonchev–Trinajstić information content (AvgIpc) is 2.97. The Morgan fingerprint density at radius 1 is 1.53 bits per heavy atom. The number of nitrogens with one attached hydrogen (secondary N) is 1. The second kappa shape index (κ2) is 4.35. The SMILES string of the molecule is Cc1c(Cl)ncnc1NC(C)CC1CC1. The van der Waals surface area contributed by atoms with E-state index in [9.17, 15) is 0 Å². The monoisotopic (exact) mass is 225 g/mol. The van der Waals surface area contributed by atoms with E-state index in [4.69, 9.17) is 11.6 Å². The van der Waals surface area contributed by atoms with Crippen LogP contribution in [0.25, 0.3) is 0 Å². The molecule has 2 rings (SSSR count). The van der Waals surface area contributed by atoms with Crippen molar-refractivity contribution >= 4 is 17.4 Å². The number of hydrogen-bond acceptors (Lipinski definition) is 3. The standard InChI is InChI=1S/C11H16ClN3/c1-7(5-9-3-4-9)15-11-8(2)10(12)13-6-14-11/h6-7,9H,3-5H2,1-2H3,(H,13,14,15). The molecule has 3 nitrogen and oxygen atoms in total. The molecular weight excluding hydrogens is 210 g/mol. The molecule has 1 unspecified atom stereocenters. The van der Waals surface area contributed by atoms with Crippen molar-refractivity contribution in [2.75, 3.05) is 5.32 Å². The van der Waals surface area contributed by atoms with E-state index in [-0.39, 0.29) is 0 Å². The Hall–Kier alpha value is -0.830. The van der Waals surface area contributed by atoms with E-state index in [1.54, 1.807) is 0 Å². The Kier molecular flexibility index (Phi) is 3.10. The first kappa shape index (κ1) is 10.7. The Labute approximate surface area is 95.3 Å². The van der Waals surface area contributed by atoms with E-state index < -0.39 is 0 Å². The summed E-state index contributed by atoms with van der Waals surface area (Å²) in [6.45, 7) is 4.13. The van der Waals surface area contributed by atoms with Crippen molar-refractivity contribution in [2.24, 2.45) is 5.92 Å². The van der Waals surface area contributed by atoms with E-state index in [1.807, 2.05) is 6.92 Å². The van der Waals surface area contributed by atoms with Crippen molar-refractivity contribution < 1.29 is 0 Å². The third kappa shape index (κ3) is 2.81. The third-order valence-corrected chi connectivity index (χ3v) is 3.17. The molecule has 0 saturated heterocycles. The smallest absolute Gasteiger partial charge is 0.137 e. The van der Waals surface area contributed by atoms with Crippen LogP contribution in [0.5, 0.6) is 0 Å². The minimum Gasteiger partial charge on any atom is -0.367 e. The summed E-state index contributed by atoms with van der Waals surface area (Å²) in [6.07, 6.45) is 5.49. The number of rotatable bonds is 4. The van der Waals surface area contributed by atoms with Gasteiger partial charge in [0.25, 0.3) is 0 Å². The predicted octanol–water partition coefficient (Wildman–Crippen LogP) is 3.04. The number of hydrogen-bond donors (Lipinski definition) is 1.